The van der Waals surface area contributed by atoms with Gasteiger partial charge in [0.2, 0.25) is 5.78 Å². The van der Waals surface area contributed by atoms with Gasteiger partial charge in [0, 0.05) is 18.8 Å². The fourth-order valence-electron chi connectivity index (χ4n) is 1.50. The maximum atomic E-state index is 12.2. The van der Waals surface area contributed by atoms with Crippen molar-refractivity contribution in [2.24, 2.45) is 7.05 Å². The largest absolute Gasteiger partial charge is 0.504 e. The van der Waals surface area contributed by atoms with E-state index < -0.39 is 17.3 Å². The van der Waals surface area contributed by atoms with Crippen molar-refractivity contribution in [3.63, 3.8) is 0 Å². The smallest absolute Gasteiger partial charge is 0.212 e. The Kier molecular flexibility index (Phi) is 3.19. The summed E-state index contributed by atoms with van der Waals surface area (Å²) < 4.78 is 1.37. The number of aromatic hydroxyl groups is 2. The molecule has 7 heteroatoms. The molecule has 0 unspecified atom stereocenters. The molecule has 2 aromatic rings. The molecule has 0 spiro atoms. The quantitative estimate of drug-likeness (QED) is 0.656. The van der Waals surface area contributed by atoms with Crippen LogP contribution in [0.3, 0.4) is 0 Å². The minimum Gasteiger partial charge on any atom is -0.504 e. The van der Waals surface area contributed by atoms with Gasteiger partial charge in [-0.1, -0.05) is 23.2 Å². The van der Waals surface area contributed by atoms with Crippen LogP contribution in [0.25, 0.3) is 0 Å². The molecule has 0 saturated heterocycles. The Labute approximate surface area is 112 Å². The highest BCUT2D eigenvalue weighted by Crippen LogP contribution is 2.41. The number of carbonyl (C=O) groups is 1. The summed E-state index contributed by atoms with van der Waals surface area (Å²) >= 11 is 11.6. The molecule has 1 aromatic heterocycles. The summed E-state index contributed by atoms with van der Waals surface area (Å²) in [6.45, 7) is 0. The molecule has 0 aliphatic rings. The highest BCUT2D eigenvalue weighted by atomic mass is 35.5. The number of phenolic OH excluding ortho intramolecular Hbond substituents is 2. The van der Waals surface area contributed by atoms with Crippen LogP contribution in [-0.2, 0) is 7.05 Å². The van der Waals surface area contributed by atoms with E-state index in [0.29, 0.717) is 0 Å². The zero-order chi connectivity index (χ0) is 13.4. The fourth-order valence-corrected chi connectivity index (χ4v) is 1.93. The Hall–Kier alpha value is -1.72. The third kappa shape index (κ3) is 1.91. The van der Waals surface area contributed by atoms with Crippen molar-refractivity contribution in [2.45, 2.75) is 0 Å². The highest BCUT2D eigenvalue weighted by molar-refractivity contribution is 6.45. The first kappa shape index (κ1) is 12.7. The first-order valence-electron chi connectivity index (χ1n) is 4.86. The number of aryl methyl sites for hydroxylation is 1. The van der Waals surface area contributed by atoms with E-state index in [9.17, 15) is 15.0 Å². The second-order valence-corrected chi connectivity index (χ2v) is 4.34. The van der Waals surface area contributed by atoms with Crippen molar-refractivity contribution in [3.8, 4) is 11.5 Å². The lowest BCUT2D eigenvalue weighted by Crippen LogP contribution is -2.09. The van der Waals surface area contributed by atoms with Crippen LogP contribution >= 0.6 is 23.2 Å². The molecule has 0 aliphatic carbocycles. The van der Waals surface area contributed by atoms with Crippen molar-refractivity contribution < 1.29 is 15.0 Å². The Morgan fingerprint density at radius 2 is 2.00 bits per heavy atom. The number of hydrogen-bond acceptors (Lipinski definition) is 4. The summed E-state index contributed by atoms with van der Waals surface area (Å²) in [5, 5.41) is 22.3. The minimum atomic E-state index is -0.553. The lowest BCUT2D eigenvalue weighted by molar-refractivity contribution is 0.103. The van der Waals surface area contributed by atoms with E-state index in [1.807, 2.05) is 0 Å². The number of phenols is 2. The first-order valence-corrected chi connectivity index (χ1v) is 5.61. The van der Waals surface area contributed by atoms with E-state index in [1.165, 1.54) is 16.9 Å². The average Bonchev–Trinajstić information content (AvgIpc) is 2.76. The van der Waals surface area contributed by atoms with Crippen molar-refractivity contribution in [2.75, 3.05) is 0 Å². The van der Waals surface area contributed by atoms with E-state index in [0.717, 1.165) is 6.07 Å². The zero-order valence-corrected chi connectivity index (χ0v) is 10.7. The van der Waals surface area contributed by atoms with Crippen molar-refractivity contribution >= 4 is 29.0 Å². The average molecular weight is 287 g/mol. The van der Waals surface area contributed by atoms with Gasteiger partial charge in [0.15, 0.2) is 11.5 Å². The van der Waals surface area contributed by atoms with Crippen molar-refractivity contribution in [1.29, 1.82) is 0 Å². The number of aromatic nitrogens is 2. The Morgan fingerprint density at radius 1 is 1.33 bits per heavy atom. The van der Waals surface area contributed by atoms with Gasteiger partial charge < -0.3 is 10.2 Å². The summed E-state index contributed by atoms with van der Waals surface area (Å²) in [6, 6.07) is 2.58. The number of nitrogens with zero attached hydrogens (tertiary/aromatic N) is 2. The summed E-state index contributed by atoms with van der Waals surface area (Å²) in [7, 11) is 1.60. The SMILES string of the molecule is Cn1nccc1C(=O)c1cc(O)c(O)c(Cl)c1Cl. The molecule has 0 atom stereocenters. The lowest BCUT2D eigenvalue weighted by Gasteiger charge is -2.08. The van der Waals surface area contributed by atoms with Crippen LogP contribution in [0.15, 0.2) is 18.3 Å². The van der Waals surface area contributed by atoms with Crippen LogP contribution in [-0.4, -0.2) is 25.8 Å². The van der Waals surface area contributed by atoms with Gasteiger partial charge in [-0.15, -0.1) is 0 Å². The molecule has 5 nitrogen and oxygen atoms in total. The first-order chi connectivity index (χ1) is 8.43. The van der Waals surface area contributed by atoms with Gasteiger partial charge in [0.25, 0.3) is 0 Å². The van der Waals surface area contributed by atoms with Gasteiger partial charge in [-0.3, -0.25) is 9.48 Å². The molecule has 2 N–H and O–H groups in total. The molecule has 0 amide bonds. The van der Waals surface area contributed by atoms with Gasteiger partial charge in [-0.2, -0.15) is 5.10 Å². The number of ketones is 1. The van der Waals surface area contributed by atoms with Crippen LogP contribution in [0.1, 0.15) is 16.1 Å². The molecule has 0 saturated carbocycles. The summed E-state index contributed by atoms with van der Waals surface area (Å²) in [5.74, 6) is -1.50. The van der Waals surface area contributed by atoms with Crippen LogP contribution in [0.5, 0.6) is 11.5 Å². The summed E-state index contributed by atoms with van der Waals surface area (Å²) in [4.78, 5) is 12.2. The summed E-state index contributed by atoms with van der Waals surface area (Å²) in [5.41, 5.74) is 0.290. The van der Waals surface area contributed by atoms with E-state index in [-0.39, 0.29) is 21.3 Å². The van der Waals surface area contributed by atoms with Crippen molar-refractivity contribution in [1.82, 2.24) is 9.78 Å². The van der Waals surface area contributed by atoms with E-state index in [2.05, 4.69) is 5.10 Å². The monoisotopic (exact) mass is 286 g/mol. The predicted octanol–water partition coefficient (Wildman–Crippen LogP) is 2.37. The number of benzene rings is 1. The molecule has 1 heterocycles. The Balaban J connectivity index is 2.60. The predicted molar refractivity (Wildman–Crippen MR) is 66.4 cm³/mol. The number of rotatable bonds is 2. The molecular weight excluding hydrogens is 279 g/mol. The number of hydrogen-bond donors (Lipinski definition) is 2. The molecule has 18 heavy (non-hydrogen) atoms. The van der Waals surface area contributed by atoms with Crippen LogP contribution < -0.4 is 0 Å². The van der Waals surface area contributed by atoms with Gasteiger partial charge >= 0.3 is 0 Å². The standard InChI is InChI=1S/C11H8Cl2N2O3/c1-15-6(2-3-14-15)10(17)5-4-7(16)11(18)9(13)8(5)12/h2-4,16,18H,1H3. The van der Waals surface area contributed by atoms with Gasteiger partial charge in [-0.05, 0) is 12.1 Å². The van der Waals surface area contributed by atoms with E-state index >= 15 is 0 Å². The fraction of sp³-hybridized carbons (Fsp3) is 0.0909. The second-order valence-electron chi connectivity index (χ2n) is 3.59. The third-order valence-electron chi connectivity index (χ3n) is 2.46. The molecule has 94 valence electrons. The maximum absolute atomic E-state index is 12.2. The third-order valence-corrected chi connectivity index (χ3v) is 3.32. The number of halogens is 2. The normalized spacial score (nSPS) is 10.6. The van der Waals surface area contributed by atoms with Gasteiger partial charge in [0.05, 0.1) is 5.02 Å². The molecule has 0 fully saturated rings. The molecule has 0 radical (unpaired) electrons. The topological polar surface area (TPSA) is 75.4 Å². The lowest BCUT2D eigenvalue weighted by atomic mass is 10.1. The van der Waals surface area contributed by atoms with E-state index in [4.69, 9.17) is 23.2 Å². The maximum Gasteiger partial charge on any atom is 0.212 e. The second kappa shape index (κ2) is 4.51. The molecular formula is C11H8Cl2N2O3. The van der Waals surface area contributed by atoms with Crippen LogP contribution in [0.4, 0.5) is 0 Å². The van der Waals surface area contributed by atoms with E-state index in [1.54, 1.807) is 7.05 Å². The van der Waals surface area contributed by atoms with Crippen LogP contribution in [0.2, 0.25) is 10.0 Å². The van der Waals surface area contributed by atoms with Gasteiger partial charge in [0.1, 0.15) is 10.7 Å². The van der Waals surface area contributed by atoms with Gasteiger partial charge in [-0.25, -0.2) is 0 Å². The molecule has 0 aliphatic heterocycles. The zero-order valence-electron chi connectivity index (χ0n) is 9.19. The Morgan fingerprint density at radius 3 is 2.56 bits per heavy atom. The number of carbonyl (C=O) groups excluding carboxylic acids is 1. The highest BCUT2D eigenvalue weighted by Gasteiger charge is 2.22. The Bertz CT molecular complexity index is 637. The molecule has 2 rings (SSSR count). The van der Waals surface area contributed by atoms with Crippen LogP contribution in [0, 0.1) is 0 Å². The summed E-state index contributed by atoms with van der Waals surface area (Å²) in [6.07, 6.45) is 1.46. The van der Waals surface area contributed by atoms with Crippen molar-refractivity contribution in [3.05, 3.63) is 39.6 Å². The molecule has 0 bridgehead atoms. The minimum absolute atomic E-state index is 0.000525. The molecule has 1 aromatic carbocycles.